The molecule has 0 unspecified atom stereocenters. The molecule has 6 heteroatoms. The summed E-state index contributed by atoms with van der Waals surface area (Å²) in [6.45, 7) is 5.92. The highest BCUT2D eigenvalue weighted by Gasteiger charge is 2.14. The van der Waals surface area contributed by atoms with Crippen molar-refractivity contribution in [3.63, 3.8) is 0 Å². The molecule has 0 spiro atoms. The van der Waals surface area contributed by atoms with Crippen molar-refractivity contribution in [2.75, 3.05) is 0 Å². The van der Waals surface area contributed by atoms with Gasteiger partial charge in [-0.25, -0.2) is 0 Å². The predicted molar refractivity (Wildman–Crippen MR) is 82.4 cm³/mol. The molecule has 1 N–H and O–H groups in total. The molecule has 0 fully saturated rings. The molecule has 22 heavy (non-hydrogen) atoms. The van der Waals surface area contributed by atoms with Crippen molar-refractivity contribution in [3.8, 4) is 22.8 Å². The van der Waals surface area contributed by atoms with Crippen LogP contribution >= 0.6 is 0 Å². The molecule has 3 heterocycles. The van der Waals surface area contributed by atoms with E-state index in [0.29, 0.717) is 11.4 Å². The number of nitrogens with zero attached hydrogens (tertiary/aromatic N) is 3. The second-order valence-electron chi connectivity index (χ2n) is 5.42. The summed E-state index contributed by atoms with van der Waals surface area (Å²) >= 11 is 0. The third-order valence-corrected chi connectivity index (χ3v) is 3.37. The summed E-state index contributed by atoms with van der Waals surface area (Å²) in [5.41, 5.74) is 2.68. The van der Waals surface area contributed by atoms with Gasteiger partial charge in [-0.2, -0.15) is 4.98 Å². The SMILES string of the molecule is Cc1cc(-c2noc(-c3ccc(C(C)C)[nH]c3=O)n2)ccn1. The van der Waals surface area contributed by atoms with Crippen LogP contribution in [0.4, 0.5) is 0 Å². The monoisotopic (exact) mass is 296 g/mol. The average molecular weight is 296 g/mol. The lowest BCUT2D eigenvalue weighted by Crippen LogP contribution is -2.12. The van der Waals surface area contributed by atoms with Gasteiger partial charge < -0.3 is 9.51 Å². The van der Waals surface area contributed by atoms with Gasteiger partial charge in [-0.3, -0.25) is 9.78 Å². The van der Waals surface area contributed by atoms with Crippen molar-refractivity contribution >= 4 is 0 Å². The van der Waals surface area contributed by atoms with E-state index < -0.39 is 0 Å². The van der Waals surface area contributed by atoms with Gasteiger partial charge in [0.25, 0.3) is 11.4 Å². The first-order valence-electron chi connectivity index (χ1n) is 7.05. The molecule has 3 aromatic rings. The zero-order valence-corrected chi connectivity index (χ0v) is 12.6. The zero-order chi connectivity index (χ0) is 15.7. The van der Waals surface area contributed by atoms with Crippen molar-refractivity contribution in [1.82, 2.24) is 20.1 Å². The summed E-state index contributed by atoms with van der Waals surface area (Å²) in [7, 11) is 0. The maximum atomic E-state index is 12.2. The van der Waals surface area contributed by atoms with E-state index in [4.69, 9.17) is 4.52 Å². The number of aryl methyl sites for hydroxylation is 1. The van der Waals surface area contributed by atoms with Crippen molar-refractivity contribution in [1.29, 1.82) is 0 Å². The molecule has 0 amide bonds. The standard InChI is InChI=1S/C16H16N4O2/c1-9(2)13-5-4-12(15(21)18-13)16-19-14(20-22-16)11-6-7-17-10(3)8-11/h4-9H,1-3H3,(H,18,21). The largest absolute Gasteiger partial charge is 0.333 e. The van der Waals surface area contributed by atoms with Crippen LogP contribution in [-0.2, 0) is 0 Å². The van der Waals surface area contributed by atoms with Crippen LogP contribution in [0.5, 0.6) is 0 Å². The minimum Gasteiger partial charge on any atom is -0.333 e. The van der Waals surface area contributed by atoms with Crippen molar-refractivity contribution in [2.45, 2.75) is 26.7 Å². The number of nitrogens with one attached hydrogen (secondary N) is 1. The van der Waals surface area contributed by atoms with E-state index >= 15 is 0 Å². The minimum absolute atomic E-state index is 0.209. The zero-order valence-electron chi connectivity index (χ0n) is 12.6. The molecule has 0 aliphatic rings. The van der Waals surface area contributed by atoms with Crippen LogP contribution in [0.15, 0.2) is 39.8 Å². The number of pyridine rings is 2. The van der Waals surface area contributed by atoms with Gasteiger partial charge >= 0.3 is 0 Å². The van der Waals surface area contributed by atoms with Crippen LogP contribution in [0.2, 0.25) is 0 Å². The molecule has 0 aliphatic carbocycles. The van der Waals surface area contributed by atoms with E-state index in [-0.39, 0.29) is 17.4 Å². The molecular formula is C16H16N4O2. The molecule has 112 valence electrons. The Hall–Kier alpha value is -2.76. The molecule has 0 bridgehead atoms. The first kappa shape index (κ1) is 14.2. The van der Waals surface area contributed by atoms with Gasteiger partial charge in [0.2, 0.25) is 5.82 Å². The Balaban J connectivity index is 1.99. The van der Waals surface area contributed by atoms with Crippen LogP contribution in [0, 0.1) is 6.92 Å². The molecule has 0 radical (unpaired) electrons. The smallest absolute Gasteiger partial charge is 0.263 e. The molecule has 0 saturated carbocycles. The Labute approximate surface area is 127 Å². The third kappa shape index (κ3) is 2.67. The first-order chi connectivity index (χ1) is 10.5. The second kappa shape index (κ2) is 5.55. The number of H-pyrrole nitrogens is 1. The van der Waals surface area contributed by atoms with Gasteiger partial charge in [-0.1, -0.05) is 19.0 Å². The fraction of sp³-hybridized carbons (Fsp3) is 0.250. The van der Waals surface area contributed by atoms with E-state index in [1.165, 1.54) is 0 Å². The van der Waals surface area contributed by atoms with Crippen molar-refractivity contribution in [2.24, 2.45) is 0 Å². The van der Waals surface area contributed by atoms with Gasteiger partial charge in [-0.05, 0) is 37.1 Å². The third-order valence-electron chi connectivity index (χ3n) is 3.37. The fourth-order valence-corrected chi connectivity index (χ4v) is 2.13. The van der Waals surface area contributed by atoms with Gasteiger partial charge in [-0.15, -0.1) is 0 Å². The number of hydrogen-bond donors (Lipinski definition) is 1. The van der Waals surface area contributed by atoms with E-state index in [0.717, 1.165) is 17.0 Å². The maximum Gasteiger partial charge on any atom is 0.263 e. The lowest BCUT2D eigenvalue weighted by molar-refractivity contribution is 0.432. The normalized spacial score (nSPS) is 11.1. The van der Waals surface area contributed by atoms with Crippen LogP contribution in [0.25, 0.3) is 22.8 Å². The average Bonchev–Trinajstić information content (AvgIpc) is 2.96. The number of rotatable bonds is 3. The van der Waals surface area contributed by atoms with Gasteiger partial charge in [0, 0.05) is 23.1 Å². The van der Waals surface area contributed by atoms with Crippen LogP contribution in [0.1, 0.15) is 31.2 Å². The Morgan fingerprint density at radius 2 is 2.05 bits per heavy atom. The molecule has 0 saturated heterocycles. The summed E-state index contributed by atoms with van der Waals surface area (Å²) in [6.07, 6.45) is 1.69. The summed E-state index contributed by atoms with van der Waals surface area (Å²) in [5.74, 6) is 0.897. The summed E-state index contributed by atoms with van der Waals surface area (Å²) in [5, 5.41) is 3.94. The van der Waals surface area contributed by atoms with E-state index in [9.17, 15) is 4.79 Å². The Morgan fingerprint density at radius 3 is 2.73 bits per heavy atom. The Morgan fingerprint density at radius 1 is 1.23 bits per heavy atom. The lowest BCUT2D eigenvalue weighted by atomic mass is 10.1. The van der Waals surface area contributed by atoms with Gasteiger partial charge in [0.1, 0.15) is 5.56 Å². The molecule has 3 rings (SSSR count). The first-order valence-corrected chi connectivity index (χ1v) is 7.05. The molecule has 3 aromatic heterocycles. The lowest BCUT2D eigenvalue weighted by Gasteiger charge is -2.04. The summed E-state index contributed by atoms with van der Waals surface area (Å²) in [4.78, 5) is 23.4. The van der Waals surface area contributed by atoms with Crippen LogP contribution in [0.3, 0.4) is 0 Å². The Kier molecular flexibility index (Phi) is 3.58. The van der Waals surface area contributed by atoms with Crippen molar-refractivity contribution < 1.29 is 4.52 Å². The highest BCUT2D eigenvalue weighted by Crippen LogP contribution is 2.21. The molecule has 6 nitrogen and oxygen atoms in total. The number of hydrogen-bond acceptors (Lipinski definition) is 5. The Bertz CT molecular complexity index is 864. The van der Waals surface area contributed by atoms with Gasteiger partial charge in [0.15, 0.2) is 0 Å². The van der Waals surface area contributed by atoms with Crippen LogP contribution in [-0.4, -0.2) is 20.1 Å². The molecular weight excluding hydrogens is 280 g/mol. The summed E-state index contributed by atoms with van der Waals surface area (Å²) in [6, 6.07) is 7.24. The van der Waals surface area contributed by atoms with E-state index in [2.05, 4.69) is 20.1 Å². The van der Waals surface area contributed by atoms with E-state index in [1.54, 1.807) is 18.3 Å². The number of aromatic amines is 1. The van der Waals surface area contributed by atoms with E-state index in [1.807, 2.05) is 32.9 Å². The van der Waals surface area contributed by atoms with Crippen LogP contribution < -0.4 is 5.56 Å². The highest BCUT2D eigenvalue weighted by atomic mass is 16.5. The maximum absolute atomic E-state index is 12.2. The molecule has 0 aromatic carbocycles. The topological polar surface area (TPSA) is 84.7 Å². The molecule has 0 atom stereocenters. The highest BCUT2D eigenvalue weighted by molar-refractivity contribution is 5.59. The summed E-state index contributed by atoms with van der Waals surface area (Å²) < 4.78 is 5.22. The quantitative estimate of drug-likeness (QED) is 0.803. The molecule has 0 aliphatic heterocycles. The minimum atomic E-state index is -0.229. The predicted octanol–water partition coefficient (Wildman–Crippen LogP) is 2.92. The fourth-order valence-electron chi connectivity index (χ4n) is 2.13. The van der Waals surface area contributed by atoms with Crippen molar-refractivity contribution in [3.05, 3.63) is 52.2 Å². The number of aromatic nitrogens is 4. The second-order valence-corrected chi connectivity index (χ2v) is 5.42. The van der Waals surface area contributed by atoms with Gasteiger partial charge in [0.05, 0.1) is 0 Å².